The number of carbonyl (C=O) groups is 2. The fourth-order valence-corrected chi connectivity index (χ4v) is 4.94. The molecule has 0 aliphatic heterocycles. The highest BCUT2D eigenvalue weighted by Gasteiger charge is 2.23. The van der Waals surface area contributed by atoms with Gasteiger partial charge in [-0.2, -0.15) is 5.26 Å². The number of halogens is 2. The molecular formula is C17H14Cl2N2O3S2. The molecule has 0 aliphatic rings. The largest absolute Gasteiger partial charge is 0.466 e. The number of Topliss-reactive ketones (excluding diaryl/α,β-unsaturated/α-hetero) is 1. The molecule has 1 aromatic heterocycles. The van der Waals surface area contributed by atoms with Crippen molar-refractivity contribution in [3.8, 4) is 6.07 Å². The van der Waals surface area contributed by atoms with Gasteiger partial charge in [0.25, 0.3) is 0 Å². The van der Waals surface area contributed by atoms with E-state index in [1.165, 1.54) is 11.8 Å². The molecule has 2 rings (SSSR count). The average molecular weight is 429 g/mol. The smallest absolute Gasteiger partial charge is 0.313 e. The molecule has 1 aromatic carbocycles. The van der Waals surface area contributed by atoms with Crippen LogP contribution in [-0.2, 0) is 15.3 Å². The molecule has 9 heteroatoms. The maximum atomic E-state index is 12.3. The van der Waals surface area contributed by atoms with E-state index in [0.717, 1.165) is 16.9 Å². The van der Waals surface area contributed by atoms with Crippen molar-refractivity contribution in [3.63, 3.8) is 0 Å². The maximum absolute atomic E-state index is 12.3. The molecule has 0 unspecified atom stereocenters. The number of ether oxygens (including phenoxy) is 1. The fourth-order valence-electron chi connectivity index (χ4n) is 2.04. The van der Waals surface area contributed by atoms with Crippen LogP contribution in [0.25, 0.3) is 0 Å². The monoisotopic (exact) mass is 428 g/mol. The Kier molecular flexibility index (Phi) is 7.35. The Bertz CT molecular complexity index is 891. The van der Waals surface area contributed by atoms with Gasteiger partial charge in [0.1, 0.15) is 18.1 Å². The second kappa shape index (κ2) is 9.28. The molecule has 0 radical (unpaired) electrons. The van der Waals surface area contributed by atoms with E-state index in [2.05, 4.69) is 0 Å². The van der Waals surface area contributed by atoms with Crippen molar-refractivity contribution in [2.24, 2.45) is 0 Å². The second-order valence-electron chi connectivity index (χ2n) is 5.05. The van der Waals surface area contributed by atoms with Crippen molar-refractivity contribution in [3.05, 3.63) is 44.2 Å². The minimum Gasteiger partial charge on any atom is -0.466 e. The average Bonchev–Trinajstić information content (AvgIpc) is 2.90. The number of nitrogens with two attached hydrogens (primary N) is 1. The quantitative estimate of drug-likeness (QED) is 0.290. The summed E-state index contributed by atoms with van der Waals surface area (Å²) >= 11 is 14.5. The van der Waals surface area contributed by atoms with E-state index in [4.69, 9.17) is 33.7 Å². The van der Waals surface area contributed by atoms with Gasteiger partial charge in [0.2, 0.25) is 0 Å². The number of hydrogen-bond donors (Lipinski definition) is 1. The lowest BCUT2D eigenvalue weighted by atomic mass is 10.2. The zero-order valence-electron chi connectivity index (χ0n) is 13.7. The van der Waals surface area contributed by atoms with Crippen LogP contribution in [0, 0.1) is 11.3 Å². The molecule has 26 heavy (non-hydrogen) atoms. The molecule has 2 aromatic rings. The first-order valence-corrected chi connectivity index (χ1v) is 10.0. The lowest BCUT2D eigenvalue weighted by Gasteiger charge is -2.03. The van der Waals surface area contributed by atoms with Crippen molar-refractivity contribution in [1.29, 1.82) is 5.26 Å². The van der Waals surface area contributed by atoms with Crippen LogP contribution in [0.15, 0.2) is 22.4 Å². The van der Waals surface area contributed by atoms with E-state index < -0.39 is 18.2 Å². The Labute approximate surface area is 169 Å². The van der Waals surface area contributed by atoms with E-state index in [9.17, 15) is 14.9 Å². The number of nitriles is 1. The number of nitrogens with zero attached hydrogens (tertiary/aromatic N) is 1. The van der Waals surface area contributed by atoms with E-state index >= 15 is 0 Å². The number of thiophene rings is 1. The third-order valence-corrected chi connectivity index (χ3v) is 6.42. The third-order valence-electron chi connectivity index (χ3n) is 3.26. The first-order valence-electron chi connectivity index (χ1n) is 7.45. The molecule has 0 saturated heterocycles. The summed E-state index contributed by atoms with van der Waals surface area (Å²) < 4.78 is 5.37. The summed E-state index contributed by atoms with van der Waals surface area (Å²) in [4.78, 5) is 24.0. The summed E-state index contributed by atoms with van der Waals surface area (Å²) in [6.07, 6.45) is -0.406. The van der Waals surface area contributed by atoms with Gasteiger partial charge in [0.15, 0.2) is 5.78 Å². The van der Waals surface area contributed by atoms with Gasteiger partial charge in [-0.1, -0.05) is 29.3 Å². The number of thioether (sulfide) groups is 1. The minimum atomic E-state index is -0.619. The predicted molar refractivity (Wildman–Crippen MR) is 105 cm³/mol. The molecule has 0 atom stereocenters. The Hall–Kier alpha value is -1.72. The normalized spacial score (nSPS) is 10.4. The summed E-state index contributed by atoms with van der Waals surface area (Å²) in [6, 6.07) is 7.19. The van der Waals surface area contributed by atoms with Crippen LogP contribution in [-0.4, -0.2) is 18.4 Å². The van der Waals surface area contributed by atoms with Crippen molar-refractivity contribution < 1.29 is 14.3 Å². The number of ketones is 1. The molecule has 0 bridgehead atoms. The van der Waals surface area contributed by atoms with Gasteiger partial charge in [0.05, 0.1) is 21.4 Å². The molecule has 1 heterocycles. The molecule has 136 valence electrons. The summed E-state index contributed by atoms with van der Waals surface area (Å²) in [5.74, 6) is -0.597. The van der Waals surface area contributed by atoms with Crippen LogP contribution in [0.1, 0.15) is 34.1 Å². The van der Waals surface area contributed by atoms with Crippen molar-refractivity contribution >= 4 is 63.7 Å². The highest BCUT2D eigenvalue weighted by atomic mass is 35.5. The van der Waals surface area contributed by atoms with Crippen LogP contribution in [0.5, 0.6) is 0 Å². The first-order chi connectivity index (χ1) is 12.4. The number of hydrogen-bond acceptors (Lipinski definition) is 7. The first kappa shape index (κ1) is 20.6. The summed E-state index contributed by atoms with van der Waals surface area (Å²) in [7, 11) is 0. The zero-order chi connectivity index (χ0) is 19.3. The van der Waals surface area contributed by atoms with Gasteiger partial charge in [-0.05, 0) is 24.6 Å². The van der Waals surface area contributed by atoms with Gasteiger partial charge >= 0.3 is 5.97 Å². The molecule has 0 amide bonds. The molecule has 0 spiro atoms. The fraction of sp³-hybridized carbons (Fsp3) is 0.235. The van der Waals surface area contributed by atoms with E-state index in [-0.39, 0.29) is 22.7 Å². The highest BCUT2D eigenvalue weighted by Crippen LogP contribution is 2.40. The number of benzene rings is 1. The van der Waals surface area contributed by atoms with Crippen molar-refractivity contribution in [1.82, 2.24) is 0 Å². The Morgan fingerprint density at radius 1 is 1.38 bits per heavy atom. The highest BCUT2D eigenvalue weighted by molar-refractivity contribution is 8.00. The Morgan fingerprint density at radius 2 is 2.12 bits per heavy atom. The van der Waals surface area contributed by atoms with Gasteiger partial charge < -0.3 is 10.5 Å². The predicted octanol–water partition coefficient (Wildman–Crippen LogP) is 4.94. The molecule has 0 aliphatic carbocycles. The van der Waals surface area contributed by atoms with Crippen LogP contribution in [0.3, 0.4) is 0 Å². The standard InChI is InChI=1S/C17H14Cl2N2O3S2/c1-2-24-14(23)6-13(22)16-15(21)11(7-20)17(26-16)25-8-9-3-4-10(18)5-12(9)19/h3-5H,2,6,8,21H2,1H3. The topological polar surface area (TPSA) is 93.2 Å². The molecular weight excluding hydrogens is 415 g/mol. The van der Waals surface area contributed by atoms with Gasteiger partial charge in [0, 0.05) is 15.8 Å². The molecule has 2 N–H and O–H groups in total. The van der Waals surface area contributed by atoms with E-state index in [0.29, 0.717) is 20.0 Å². The van der Waals surface area contributed by atoms with Crippen LogP contribution in [0.2, 0.25) is 10.0 Å². The molecule has 0 fully saturated rings. The lowest BCUT2D eigenvalue weighted by Crippen LogP contribution is -2.11. The number of esters is 1. The maximum Gasteiger partial charge on any atom is 0.313 e. The number of rotatable bonds is 7. The summed E-state index contributed by atoms with van der Waals surface area (Å²) in [6.45, 7) is 1.85. The number of anilines is 1. The van der Waals surface area contributed by atoms with Crippen LogP contribution < -0.4 is 5.73 Å². The number of carbonyl (C=O) groups excluding carboxylic acids is 2. The van der Waals surface area contributed by atoms with Gasteiger partial charge in [-0.3, -0.25) is 9.59 Å². The van der Waals surface area contributed by atoms with E-state index in [1.54, 1.807) is 25.1 Å². The lowest BCUT2D eigenvalue weighted by molar-refractivity contribution is -0.141. The van der Waals surface area contributed by atoms with Gasteiger partial charge in [-0.15, -0.1) is 23.1 Å². The summed E-state index contributed by atoms with van der Waals surface area (Å²) in [5, 5.41) is 10.4. The second-order valence-corrected chi connectivity index (χ2v) is 8.16. The van der Waals surface area contributed by atoms with Gasteiger partial charge in [-0.25, -0.2) is 0 Å². The Morgan fingerprint density at radius 3 is 2.73 bits per heavy atom. The SMILES string of the molecule is CCOC(=O)CC(=O)c1sc(SCc2ccc(Cl)cc2Cl)c(C#N)c1N. The molecule has 5 nitrogen and oxygen atoms in total. The Balaban J connectivity index is 2.20. The minimum absolute atomic E-state index is 0.0940. The molecule has 0 saturated carbocycles. The summed E-state index contributed by atoms with van der Waals surface area (Å²) in [5.41, 5.74) is 7.11. The van der Waals surface area contributed by atoms with Crippen molar-refractivity contribution in [2.45, 2.75) is 23.3 Å². The van der Waals surface area contributed by atoms with Crippen molar-refractivity contribution in [2.75, 3.05) is 12.3 Å². The van der Waals surface area contributed by atoms with Crippen LogP contribution >= 0.6 is 46.3 Å². The van der Waals surface area contributed by atoms with E-state index in [1.807, 2.05) is 6.07 Å². The zero-order valence-corrected chi connectivity index (χ0v) is 16.8. The third kappa shape index (κ3) is 4.92. The van der Waals surface area contributed by atoms with Crippen LogP contribution in [0.4, 0.5) is 5.69 Å². The number of nitrogen functional groups attached to an aromatic ring is 1.